The minimum absolute atomic E-state index is 0.404. The molecule has 3 aromatic rings. The number of nitrogens with two attached hydrogens (primary N) is 1. The number of anilines is 1. The van der Waals surface area contributed by atoms with Crippen molar-refractivity contribution in [3.8, 4) is 0 Å². The molecule has 0 spiro atoms. The van der Waals surface area contributed by atoms with Crippen LogP contribution < -0.4 is 10.6 Å². The molecule has 7 nitrogen and oxygen atoms in total. The van der Waals surface area contributed by atoms with Crippen LogP contribution >= 0.6 is 11.3 Å². The molecule has 1 fully saturated rings. The molecule has 1 aliphatic carbocycles. The number of thiophene rings is 1. The van der Waals surface area contributed by atoms with E-state index in [0.717, 1.165) is 67.7 Å². The number of morpholine rings is 1. The second kappa shape index (κ2) is 8.53. The standard InChI is InChI=1S/C23H27N5O2S/c1-27(13-15-5-7-16(8-6-15)21(24)29)22-20-17-3-2-4-18(17)31-23(20)26-19(25-22)14-28-9-11-30-12-10-28/h5-8H,2-4,9-14H2,1H3,(H2,24,29). The van der Waals surface area contributed by atoms with Crippen molar-refractivity contribution in [1.29, 1.82) is 0 Å². The zero-order valence-electron chi connectivity index (χ0n) is 17.8. The Bertz CT molecular complexity index is 1110. The van der Waals surface area contributed by atoms with Crippen LogP contribution in [-0.2, 0) is 30.7 Å². The number of nitrogens with zero attached hydrogens (tertiary/aromatic N) is 4. The van der Waals surface area contributed by atoms with Gasteiger partial charge in [-0.1, -0.05) is 12.1 Å². The van der Waals surface area contributed by atoms with Crippen molar-refractivity contribution in [2.75, 3.05) is 38.3 Å². The summed E-state index contributed by atoms with van der Waals surface area (Å²) in [6, 6.07) is 7.49. The number of amides is 1. The van der Waals surface area contributed by atoms with Crippen molar-refractivity contribution in [3.63, 3.8) is 0 Å². The van der Waals surface area contributed by atoms with E-state index < -0.39 is 5.91 Å². The van der Waals surface area contributed by atoms with E-state index in [1.807, 2.05) is 23.5 Å². The average molecular weight is 438 g/mol. The van der Waals surface area contributed by atoms with Gasteiger partial charge in [-0.2, -0.15) is 0 Å². The van der Waals surface area contributed by atoms with Gasteiger partial charge in [-0.3, -0.25) is 9.69 Å². The number of hydrogen-bond acceptors (Lipinski definition) is 7. The summed E-state index contributed by atoms with van der Waals surface area (Å²) in [5.74, 6) is 1.48. The molecule has 1 aromatic carbocycles. The van der Waals surface area contributed by atoms with Gasteiger partial charge < -0.3 is 15.4 Å². The van der Waals surface area contributed by atoms with E-state index in [9.17, 15) is 4.79 Å². The largest absolute Gasteiger partial charge is 0.379 e. The summed E-state index contributed by atoms with van der Waals surface area (Å²) in [6.45, 7) is 4.81. The number of rotatable bonds is 6. The highest BCUT2D eigenvalue weighted by molar-refractivity contribution is 7.19. The number of aryl methyl sites for hydroxylation is 2. The number of primary amides is 1. The van der Waals surface area contributed by atoms with Gasteiger partial charge in [-0.25, -0.2) is 9.97 Å². The van der Waals surface area contributed by atoms with Gasteiger partial charge in [0.1, 0.15) is 16.5 Å². The van der Waals surface area contributed by atoms with Crippen molar-refractivity contribution in [3.05, 3.63) is 51.7 Å². The summed E-state index contributed by atoms with van der Waals surface area (Å²) >= 11 is 1.83. The highest BCUT2D eigenvalue weighted by Crippen LogP contribution is 2.40. The quantitative estimate of drug-likeness (QED) is 0.638. The van der Waals surface area contributed by atoms with Crippen LogP contribution in [0.3, 0.4) is 0 Å². The van der Waals surface area contributed by atoms with E-state index in [2.05, 4.69) is 16.8 Å². The van der Waals surface area contributed by atoms with E-state index in [-0.39, 0.29) is 0 Å². The molecule has 0 radical (unpaired) electrons. The Kier molecular flexibility index (Phi) is 5.60. The SMILES string of the molecule is CN(Cc1ccc(C(N)=O)cc1)c1nc(CN2CCOCC2)nc2sc3c(c12)CCC3. The maximum Gasteiger partial charge on any atom is 0.248 e. The minimum Gasteiger partial charge on any atom is -0.379 e. The van der Waals surface area contributed by atoms with E-state index in [4.69, 9.17) is 20.4 Å². The lowest BCUT2D eigenvalue weighted by atomic mass is 10.1. The summed E-state index contributed by atoms with van der Waals surface area (Å²) in [6.07, 6.45) is 3.47. The third-order valence-electron chi connectivity index (χ3n) is 6.08. The van der Waals surface area contributed by atoms with Crippen LogP contribution in [0, 0.1) is 0 Å². The maximum atomic E-state index is 11.4. The van der Waals surface area contributed by atoms with Crippen LogP contribution in [0.1, 0.15) is 38.6 Å². The Morgan fingerprint density at radius 2 is 1.97 bits per heavy atom. The molecule has 1 amide bonds. The number of fused-ring (bicyclic) bond motifs is 3. The highest BCUT2D eigenvalue weighted by atomic mass is 32.1. The predicted molar refractivity (Wildman–Crippen MR) is 123 cm³/mol. The number of aromatic nitrogens is 2. The molecule has 3 heterocycles. The van der Waals surface area contributed by atoms with Crippen LogP contribution in [0.2, 0.25) is 0 Å². The molecule has 2 aliphatic rings. The van der Waals surface area contributed by atoms with E-state index in [1.165, 1.54) is 22.2 Å². The van der Waals surface area contributed by atoms with E-state index in [1.54, 1.807) is 12.1 Å². The van der Waals surface area contributed by atoms with Crippen molar-refractivity contribution < 1.29 is 9.53 Å². The van der Waals surface area contributed by atoms with E-state index >= 15 is 0 Å². The summed E-state index contributed by atoms with van der Waals surface area (Å²) in [7, 11) is 2.08. The molecule has 0 bridgehead atoms. The van der Waals surface area contributed by atoms with Crippen LogP contribution in [0.15, 0.2) is 24.3 Å². The van der Waals surface area contributed by atoms with Gasteiger partial charge in [0.25, 0.3) is 0 Å². The Morgan fingerprint density at radius 3 is 2.71 bits per heavy atom. The first kappa shape index (κ1) is 20.4. The van der Waals surface area contributed by atoms with Crippen LogP contribution in [0.5, 0.6) is 0 Å². The predicted octanol–water partition coefficient (Wildman–Crippen LogP) is 2.75. The van der Waals surface area contributed by atoms with Gasteiger partial charge >= 0.3 is 0 Å². The number of benzene rings is 1. The zero-order chi connectivity index (χ0) is 21.4. The lowest BCUT2D eigenvalue weighted by molar-refractivity contribution is 0.0331. The lowest BCUT2D eigenvalue weighted by Gasteiger charge is -2.26. The van der Waals surface area contributed by atoms with Gasteiger partial charge in [-0.05, 0) is 42.5 Å². The first-order valence-electron chi connectivity index (χ1n) is 10.8. The fraction of sp³-hybridized carbons (Fsp3) is 0.435. The number of carbonyl (C=O) groups excluding carboxylic acids is 1. The number of carbonyl (C=O) groups is 1. The molecule has 2 N–H and O–H groups in total. The van der Waals surface area contributed by atoms with Crippen LogP contribution in [0.4, 0.5) is 5.82 Å². The van der Waals surface area contributed by atoms with Gasteiger partial charge in [0, 0.05) is 37.1 Å². The summed E-state index contributed by atoms with van der Waals surface area (Å²) in [5, 5.41) is 1.22. The molecule has 31 heavy (non-hydrogen) atoms. The third-order valence-corrected chi connectivity index (χ3v) is 7.27. The topological polar surface area (TPSA) is 84.6 Å². The first-order valence-corrected chi connectivity index (χ1v) is 11.6. The Balaban J connectivity index is 1.48. The van der Waals surface area contributed by atoms with Crippen molar-refractivity contribution in [2.45, 2.75) is 32.4 Å². The monoisotopic (exact) mass is 437 g/mol. The van der Waals surface area contributed by atoms with Crippen LogP contribution in [0.25, 0.3) is 10.2 Å². The normalized spacial score (nSPS) is 16.5. The average Bonchev–Trinajstić information content (AvgIpc) is 3.35. The molecule has 2 aromatic heterocycles. The van der Waals surface area contributed by atoms with Crippen molar-refractivity contribution in [2.24, 2.45) is 5.73 Å². The summed E-state index contributed by atoms with van der Waals surface area (Å²) in [5.41, 5.74) is 8.45. The van der Waals surface area contributed by atoms with Gasteiger partial charge in [0.15, 0.2) is 0 Å². The Hall–Kier alpha value is -2.55. The smallest absolute Gasteiger partial charge is 0.248 e. The fourth-order valence-corrected chi connectivity index (χ4v) is 5.72. The highest BCUT2D eigenvalue weighted by Gasteiger charge is 2.24. The number of hydrogen-bond donors (Lipinski definition) is 1. The second-order valence-corrected chi connectivity index (χ2v) is 9.39. The van der Waals surface area contributed by atoms with E-state index in [0.29, 0.717) is 12.1 Å². The molecule has 0 atom stereocenters. The van der Waals surface area contributed by atoms with Crippen molar-refractivity contribution in [1.82, 2.24) is 14.9 Å². The summed E-state index contributed by atoms with van der Waals surface area (Å²) in [4.78, 5) is 28.5. The summed E-state index contributed by atoms with van der Waals surface area (Å²) < 4.78 is 5.48. The molecule has 162 valence electrons. The molecular weight excluding hydrogens is 410 g/mol. The van der Waals surface area contributed by atoms with Gasteiger partial charge in [-0.15, -0.1) is 11.3 Å². The zero-order valence-corrected chi connectivity index (χ0v) is 18.6. The Labute approximate surface area is 185 Å². The molecule has 1 aliphatic heterocycles. The maximum absolute atomic E-state index is 11.4. The second-order valence-electron chi connectivity index (χ2n) is 8.31. The van der Waals surface area contributed by atoms with Crippen molar-refractivity contribution >= 4 is 33.3 Å². The van der Waals surface area contributed by atoms with Gasteiger partial charge in [0.05, 0.1) is 25.1 Å². The third kappa shape index (κ3) is 4.15. The Morgan fingerprint density at radius 1 is 1.19 bits per heavy atom. The molecule has 0 unspecified atom stereocenters. The van der Waals surface area contributed by atoms with Crippen LogP contribution in [-0.4, -0.2) is 54.1 Å². The minimum atomic E-state index is -0.404. The molecule has 8 heteroatoms. The molecular formula is C23H27N5O2S. The lowest BCUT2D eigenvalue weighted by Crippen LogP contribution is -2.36. The molecule has 5 rings (SSSR count). The number of ether oxygens (including phenoxy) is 1. The fourth-order valence-electron chi connectivity index (χ4n) is 4.45. The van der Waals surface area contributed by atoms with Gasteiger partial charge in [0.2, 0.25) is 5.91 Å². The first-order chi connectivity index (χ1) is 15.1. The molecule has 1 saturated heterocycles. The molecule has 0 saturated carbocycles.